The molecule has 24 N–H and O–H groups in total. The number of aliphatic hydroxyl groups excluding tert-OH is 2. The Hall–Kier alpha value is -7.39. The lowest BCUT2D eigenvalue weighted by molar-refractivity contribution is -0.145. The molecule has 0 saturated carbocycles. The summed E-state index contributed by atoms with van der Waals surface area (Å²) in [5, 5.41) is 59.7. The van der Waals surface area contributed by atoms with Gasteiger partial charge < -0.3 is 102 Å². The van der Waals surface area contributed by atoms with Crippen LogP contribution < -0.4 is 76.9 Å². The summed E-state index contributed by atoms with van der Waals surface area (Å²) in [6.45, 7) is 10.3. The molecule has 0 aliphatic carbocycles. The van der Waals surface area contributed by atoms with Gasteiger partial charge in [-0.05, 0) is 89.1 Å². The van der Waals surface area contributed by atoms with Crippen LogP contribution >= 0.6 is 12.6 Å². The Morgan fingerprint density at radius 1 is 0.702 bits per heavy atom. The number of primary amides is 1. The predicted octanol–water partition coefficient (Wildman–Crippen LogP) is -6.40. The van der Waals surface area contributed by atoms with Crippen LogP contribution in [0.1, 0.15) is 99.0 Å². The Morgan fingerprint density at radius 2 is 1.19 bits per heavy atom. The summed E-state index contributed by atoms with van der Waals surface area (Å²) >= 11 is 4.62. The normalized spacial score (nSPS) is 18.0. The number of rotatable bonds is 35. The molecule has 31 nitrogen and oxygen atoms in total. The van der Waals surface area contributed by atoms with Gasteiger partial charge in [-0.3, -0.25) is 52.9 Å². The monoisotopic (exact) mass is 1210 g/mol. The number of nitrogens with zero attached hydrogens (tertiary/aromatic N) is 2. The summed E-state index contributed by atoms with van der Waals surface area (Å²) < 4.78 is -1.40. The highest BCUT2D eigenvalue weighted by Gasteiger charge is 2.44. The van der Waals surface area contributed by atoms with Gasteiger partial charge in [0.2, 0.25) is 59.1 Å². The summed E-state index contributed by atoms with van der Waals surface area (Å²) in [5.74, 6) is -12.5. The van der Waals surface area contributed by atoms with E-state index in [-0.39, 0.29) is 82.3 Å². The maximum atomic E-state index is 14.5. The maximum absolute atomic E-state index is 14.5. The number of carboxylic acid groups (broad SMARTS) is 1. The fourth-order valence-corrected chi connectivity index (χ4v) is 8.83. The number of carboxylic acids is 1. The van der Waals surface area contributed by atoms with Crippen molar-refractivity contribution >= 4 is 83.6 Å². The van der Waals surface area contributed by atoms with Gasteiger partial charge in [-0.15, -0.1) is 0 Å². The third-order valence-corrected chi connectivity index (χ3v) is 14.0. The van der Waals surface area contributed by atoms with Gasteiger partial charge in [-0.2, -0.15) is 12.6 Å². The van der Waals surface area contributed by atoms with Crippen LogP contribution in [0.15, 0.2) is 29.3 Å². The zero-order valence-corrected chi connectivity index (χ0v) is 49.4. The molecule has 2 rings (SSSR count). The summed E-state index contributed by atoms with van der Waals surface area (Å²) in [7, 11) is 0. The third-order valence-electron chi connectivity index (χ3n) is 13.8. The minimum atomic E-state index is -1.85. The fraction of sp³-hybridized carbons (Fsp3) is 0.654. The molecule has 0 spiro atoms. The van der Waals surface area contributed by atoms with E-state index in [1.54, 1.807) is 27.7 Å². The van der Waals surface area contributed by atoms with Gasteiger partial charge >= 0.3 is 5.97 Å². The van der Waals surface area contributed by atoms with E-state index >= 15 is 0 Å². The van der Waals surface area contributed by atoms with E-state index in [0.717, 1.165) is 6.92 Å². The minimum Gasteiger partial charge on any atom is -0.508 e. The van der Waals surface area contributed by atoms with Crippen LogP contribution in [-0.2, 0) is 59.2 Å². The quantitative estimate of drug-likeness (QED) is 0.0130. The number of hydrogen-bond donors (Lipinski definition) is 19. The number of carbonyl (C=O) groups is 11. The van der Waals surface area contributed by atoms with Crippen molar-refractivity contribution in [1.82, 2.24) is 47.4 Å². The van der Waals surface area contributed by atoms with Gasteiger partial charge in [0.05, 0.1) is 24.7 Å². The number of aliphatic carboxylic acids is 1. The average molecular weight is 1210 g/mol. The van der Waals surface area contributed by atoms with E-state index in [1.165, 1.54) is 43.0 Å². The molecule has 1 heterocycles. The Morgan fingerprint density at radius 3 is 1.65 bits per heavy atom. The standard InChI is InChI=1S/C52H88N16O15S/c1-8-25(4)38(65-46(78)35-21-29(71)23-68(35)49(81)37(56)24(2)3)47(79)67-40(52(6,7)84)48(80)64-33(20-27-11-13-28(70)14-12-27)44(76)62-31(15-17-53)42(74)63-34(22-36(55)72)45(77)60-30(10-9-19-59-51(57)58)41(73)61-32(16-18-54)43(75)66-39(26(5)69)50(82)83/h11-14,24-26,29-35,37-40,69-71,84H,8-10,15-23,53-54,56H2,1-7H3,(H2,55,72)(H,60,77)(H,61,73)(H,62,76)(H,63,74)(H,64,80)(H,65,78)(H,66,75)(H,67,79)(H,82,83)(H4,57,58,59)/t25-,26+,29+,30-,31-,32-,33-,34-,35-,37-,38-,39-,40+/m0/s1. The number of hydrogen-bond acceptors (Lipinski definition) is 19. The SMILES string of the molecule is CC[C@H](C)[C@H](NC(=O)[C@@H]1C[C@@H](O)CN1C(=O)[C@@H](N)C(C)C)C(=O)N[C@H](C(=O)N[C@@H](Cc1ccc(O)cc1)C(=O)N[C@@H](CCN)C(=O)N[C@@H](CC(N)=O)C(=O)N[C@@H](CCCN=C(N)N)C(=O)N[C@@H](CCN)C(=O)N[C@H](C(=O)O)[C@@H](C)O)C(C)(C)S. The molecule has 0 unspecified atom stereocenters. The molecule has 1 aromatic carbocycles. The molecule has 0 aromatic heterocycles. The number of thiol groups is 1. The molecule has 1 aliphatic heterocycles. The number of aromatic hydroxyl groups is 1. The Kier molecular flexibility index (Phi) is 29.8. The van der Waals surface area contributed by atoms with Crippen molar-refractivity contribution in [1.29, 1.82) is 0 Å². The number of β-amino-alcohol motifs (C(OH)–C–C–N with tert-alkyl or cyclic N) is 1. The van der Waals surface area contributed by atoms with Gasteiger partial charge in [0.1, 0.15) is 54.1 Å². The van der Waals surface area contributed by atoms with Gasteiger partial charge in [0.15, 0.2) is 12.0 Å². The molecule has 1 aromatic rings. The van der Waals surface area contributed by atoms with E-state index in [4.69, 9.17) is 34.4 Å². The molecule has 32 heteroatoms. The minimum absolute atomic E-state index is 0.0206. The van der Waals surface area contributed by atoms with Crippen molar-refractivity contribution in [2.45, 2.75) is 177 Å². The highest BCUT2D eigenvalue weighted by molar-refractivity contribution is 7.81. The second-order valence-corrected chi connectivity index (χ2v) is 22.8. The van der Waals surface area contributed by atoms with Crippen LogP contribution in [0.2, 0.25) is 0 Å². The van der Waals surface area contributed by atoms with E-state index in [2.05, 4.69) is 60.2 Å². The third kappa shape index (κ3) is 23.3. The lowest BCUT2D eigenvalue weighted by Crippen LogP contribution is -2.64. The zero-order valence-electron chi connectivity index (χ0n) is 48.5. The van der Waals surface area contributed by atoms with Crippen molar-refractivity contribution in [2.75, 3.05) is 26.2 Å². The average Bonchev–Trinajstić information content (AvgIpc) is 3.96. The van der Waals surface area contributed by atoms with Gasteiger partial charge in [0, 0.05) is 30.7 Å². The summed E-state index contributed by atoms with van der Waals surface area (Å²) in [6, 6.07) is -9.39. The second-order valence-electron chi connectivity index (χ2n) is 21.6. The second kappa shape index (κ2) is 34.4. The van der Waals surface area contributed by atoms with Crippen molar-refractivity contribution in [3.63, 3.8) is 0 Å². The van der Waals surface area contributed by atoms with Crippen LogP contribution in [0.3, 0.4) is 0 Å². The van der Waals surface area contributed by atoms with Gasteiger partial charge in [-0.1, -0.05) is 46.2 Å². The molecule has 1 saturated heterocycles. The molecule has 472 valence electrons. The Labute approximate surface area is 492 Å². The zero-order chi connectivity index (χ0) is 63.9. The highest BCUT2D eigenvalue weighted by Crippen LogP contribution is 2.23. The lowest BCUT2D eigenvalue weighted by atomic mass is 9.95. The van der Waals surface area contributed by atoms with Crippen molar-refractivity contribution in [2.24, 2.45) is 51.2 Å². The van der Waals surface area contributed by atoms with E-state index in [0.29, 0.717) is 12.0 Å². The van der Waals surface area contributed by atoms with E-state index in [1.807, 2.05) is 0 Å². The first-order valence-corrected chi connectivity index (χ1v) is 27.9. The number of carbonyl (C=O) groups excluding carboxylic acids is 10. The number of benzene rings is 1. The molecule has 10 amide bonds. The molecule has 1 fully saturated rings. The lowest BCUT2D eigenvalue weighted by Gasteiger charge is -2.34. The summed E-state index contributed by atoms with van der Waals surface area (Å²) in [5.41, 5.74) is 34.5. The Balaban J connectivity index is 2.52. The van der Waals surface area contributed by atoms with Gasteiger partial charge in [0.25, 0.3) is 0 Å². The molecule has 13 atom stereocenters. The van der Waals surface area contributed by atoms with Crippen LogP contribution in [0.4, 0.5) is 0 Å². The largest absolute Gasteiger partial charge is 0.508 e. The number of aliphatic hydroxyl groups is 2. The van der Waals surface area contributed by atoms with Crippen LogP contribution in [0.5, 0.6) is 5.75 Å². The van der Waals surface area contributed by atoms with Crippen LogP contribution in [-0.4, -0.2) is 200 Å². The number of nitrogens with one attached hydrogen (secondary N) is 8. The molecule has 84 heavy (non-hydrogen) atoms. The summed E-state index contributed by atoms with van der Waals surface area (Å²) in [6.07, 6.45) is -4.35. The number of phenolic OH excluding ortho intramolecular Hbond substituents is 1. The number of guanidine groups is 1. The number of nitrogens with two attached hydrogens (primary N) is 6. The van der Waals surface area contributed by atoms with E-state index in [9.17, 15) is 73.2 Å². The smallest absolute Gasteiger partial charge is 0.328 e. The van der Waals surface area contributed by atoms with E-state index < -0.39 is 155 Å². The topological polar surface area (TPSA) is 537 Å². The molecular weight excluding hydrogens is 1120 g/mol. The molecular formula is C52H88N16O15S. The number of aliphatic imine (C=N–C) groups is 1. The van der Waals surface area contributed by atoms with Gasteiger partial charge in [-0.25, -0.2) is 4.79 Å². The van der Waals surface area contributed by atoms with Crippen molar-refractivity contribution in [3.8, 4) is 5.75 Å². The maximum Gasteiger partial charge on any atom is 0.328 e. The highest BCUT2D eigenvalue weighted by atomic mass is 32.1. The first-order valence-electron chi connectivity index (χ1n) is 27.5. The molecule has 0 bridgehead atoms. The molecule has 0 radical (unpaired) electrons. The number of phenols is 1. The number of likely N-dealkylation sites (tertiary alicyclic amines) is 1. The summed E-state index contributed by atoms with van der Waals surface area (Å²) in [4.78, 5) is 155. The van der Waals surface area contributed by atoms with Crippen LogP contribution in [0.25, 0.3) is 0 Å². The van der Waals surface area contributed by atoms with Crippen molar-refractivity contribution in [3.05, 3.63) is 29.8 Å². The van der Waals surface area contributed by atoms with Crippen molar-refractivity contribution < 1.29 is 73.2 Å². The molecule has 1 aliphatic rings. The van der Waals surface area contributed by atoms with Crippen LogP contribution in [0, 0.1) is 11.8 Å². The first-order chi connectivity index (χ1) is 39.2. The first kappa shape index (κ1) is 72.7. The fourth-order valence-electron chi connectivity index (χ4n) is 8.65. The predicted molar refractivity (Wildman–Crippen MR) is 309 cm³/mol. The Bertz CT molecular complexity index is 2480. The number of amides is 10.